The molecule has 0 bridgehead atoms. The van der Waals surface area contributed by atoms with E-state index in [1.54, 1.807) is 0 Å². The van der Waals surface area contributed by atoms with Gasteiger partial charge in [-0.3, -0.25) is 4.79 Å². The van der Waals surface area contributed by atoms with E-state index in [0.717, 1.165) is 0 Å². The predicted molar refractivity (Wildman–Crippen MR) is 42.2 cm³/mol. The monoisotopic (exact) mass is 171 g/mol. The van der Waals surface area contributed by atoms with Gasteiger partial charge in [0.05, 0.1) is 6.07 Å². The molecule has 0 N–H and O–H groups in total. The second-order valence-electron chi connectivity index (χ2n) is 2.43. The zero-order valence-corrected chi connectivity index (χ0v) is 7.53. The molecular formula is C8H13NO3. The van der Waals surface area contributed by atoms with E-state index in [2.05, 4.69) is 0 Å². The van der Waals surface area contributed by atoms with Crippen molar-refractivity contribution in [3.63, 3.8) is 0 Å². The summed E-state index contributed by atoms with van der Waals surface area (Å²) in [5, 5.41) is 8.55. The van der Waals surface area contributed by atoms with E-state index in [4.69, 9.17) is 14.7 Å². The van der Waals surface area contributed by atoms with Gasteiger partial charge in [0.15, 0.2) is 6.29 Å². The predicted octanol–water partition coefficient (Wildman–Crippen LogP) is 0.724. The molecule has 0 aromatic carbocycles. The maximum Gasteiger partial charge on any atom is 0.158 e. The van der Waals surface area contributed by atoms with Crippen LogP contribution < -0.4 is 0 Å². The molecule has 0 radical (unpaired) electrons. The molecule has 0 aliphatic rings. The fourth-order valence-electron chi connectivity index (χ4n) is 0.791. The van der Waals surface area contributed by atoms with E-state index in [1.165, 1.54) is 21.1 Å². The van der Waals surface area contributed by atoms with Crippen LogP contribution in [-0.2, 0) is 14.3 Å². The molecular weight excluding hydrogens is 158 g/mol. The fraction of sp³-hybridized carbons (Fsp3) is 0.750. The topological polar surface area (TPSA) is 59.3 Å². The smallest absolute Gasteiger partial charge is 0.158 e. The number of nitrogens with zero attached hydrogens (tertiary/aromatic N) is 1. The molecule has 0 spiro atoms. The van der Waals surface area contributed by atoms with Crippen molar-refractivity contribution in [2.75, 3.05) is 14.2 Å². The average Bonchev–Trinajstić information content (AvgIpc) is 2.06. The van der Waals surface area contributed by atoms with E-state index in [1.807, 2.05) is 6.07 Å². The standard InChI is InChI=1S/C8H13NO3/c1-6(10)7(5-9)4-8(11-2)12-3/h7-8H,4H2,1-3H3. The first-order chi connectivity index (χ1) is 5.65. The van der Waals surface area contributed by atoms with Crippen LogP contribution in [0.15, 0.2) is 0 Å². The molecule has 12 heavy (non-hydrogen) atoms. The molecule has 0 aliphatic carbocycles. The fourth-order valence-corrected chi connectivity index (χ4v) is 0.791. The van der Waals surface area contributed by atoms with Crippen LogP contribution in [0.3, 0.4) is 0 Å². The Labute approximate surface area is 72.1 Å². The second kappa shape index (κ2) is 5.70. The maximum absolute atomic E-state index is 10.8. The van der Waals surface area contributed by atoms with Gasteiger partial charge < -0.3 is 9.47 Å². The average molecular weight is 171 g/mol. The summed E-state index contributed by atoms with van der Waals surface area (Å²) in [5.74, 6) is -0.786. The first-order valence-electron chi connectivity index (χ1n) is 3.61. The minimum absolute atomic E-state index is 0.156. The van der Waals surface area contributed by atoms with Crippen molar-refractivity contribution < 1.29 is 14.3 Å². The third-order valence-electron chi connectivity index (χ3n) is 1.60. The highest BCUT2D eigenvalue weighted by molar-refractivity contribution is 5.80. The van der Waals surface area contributed by atoms with Gasteiger partial charge in [0.25, 0.3) is 0 Å². The lowest BCUT2D eigenvalue weighted by atomic mass is 10.0. The summed E-state index contributed by atoms with van der Waals surface area (Å²) in [4.78, 5) is 10.8. The van der Waals surface area contributed by atoms with Gasteiger partial charge in [0.2, 0.25) is 0 Å². The largest absolute Gasteiger partial charge is 0.356 e. The summed E-state index contributed by atoms with van der Waals surface area (Å²) >= 11 is 0. The number of carbonyl (C=O) groups excluding carboxylic acids is 1. The highest BCUT2D eigenvalue weighted by Crippen LogP contribution is 2.09. The van der Waals surface area contributed by atoms with Crippen LogP contribution >= 0.6 is 0 Å². The summed E-state index contributed by atoms with van der Waals surface area (Å²) in [7, 11) is 2.95. The molecule has 0 amide bonds. The van der Waals surface area contributed by atoms with Crippen LogP contribution in [0, 0.1) is 17.2 Å². The first kappa shape index (κ1) is 11.1. The molecule has 0 aromatic heterocycles. The van der Waals surface area contributed by atoms with Crippen LogP contribution in [-0.4, -0.2) is 26.3 Å². The normalized spacial score (nSPS) is 12.6. The Hall–Kier alpha value is -0.920. The Balaban J connectivity index is 4.02. The summed E-state index contributed by atoms with van der Waals surface area (Å²) in [5.41, 5.74) is 0. The lowest BCUT2D eigenvalue weighted by molar-refractivity contribution is -0.130. The third-order valence-corrected chi connectivity index (χ3v) is 1.60. The van der Waals surface area contributed by atoms with Gasteiger partial charge in [-0.25, -0.2) is 0 Å². The number of Topliss-reactive ketones (excluding diaryl/α,β-unsaturated/α-hetero) is 1. The van der Waals surface area contributed by atoms with E-state index >= 15 is 0 Å². The molecule has 0 rings (SSSR count). The van der Waals surface area contributed by atoms with Crippen molar-refractivity contribution in [2.24, 2.45) is 5.92 Å². The molecule has 0 saturated heterocycles. The third kappa shape index (κ3) is 3.46. The van der Waals surface area contributed by atoms with Crippen molar-refractivity contribution in [1.82, 2.24) is 0 Å². The second-order valence-corrected chi connectivity index (χ2v) is 2.43. The molecule has 0 fully saturated rings. The van der Waals surface area contributed by atoms with E-state index in [0.29, 0.717) is 6.42 Å². The van der Waals surface area contributed by atoms with Crippen LogP contribution in [0.1, 0.15) is 13.3 Å². The van der Waals surface area contributed by atoms with Gasteiger partial charge in [-0.05, 0) is 6.92 Å². The van der Waals surface area contributed by atoms with Crippen LogP contribution in [0.4, 0.5) is 0 Å². The van der Waals surface area contributed by atoms with Crippen molar-refractivity contribution in [3.8, 4) is 6.07 Å². The van der Waals surface area contributed by atoms with Gasteiger partial charge in [0.1, 0.15) is 11.7 Å². The van der Waals surface area contributed by atoms with E-state index in [-0.39, 0.29) is 5.78 Å². The van der Waals surface area contributed by atoms with Gasteiger partial charge >= 0.3 is 0 Å². The van der Waals surface area contributed by atoms with Gasteiger partial charge in [-0.15, -0.1) is 0 Å². The number of rotatable bonds is 5. The number of carbonyl (C=O) groups is 1. The molecule has 0 saturated carbocycles. The molecule has 0 heterocycles. The number of hydrogen-bond acceptors (Lipinski definition) is 4. The maximum atomic E-state index is 10.8. The van der Waals surface area contributed by atoms with E-state index in [9.17, 15) is 4.79 Å². The molecule has 1 atom stereocenters. The number of ketones is 1. The Morgan fingerprint density at radius 1 is 1.50 bits per heavy atom. The van der Waals surface area contributed by atoms with E-state index < -0.39 is 12.2 Å². The lowest BCUT2D eigenvalue weighted by Crippen LogP contribution is -2.21. The van der Waals surface area contributed by atoms with Crippen molar-refractivity contribution >= 4 is 5.78 Å². The minimum atomic E-state index is -0.630. The molecule has 68 valence electrons. The molecule has 0 aliphatic heterocycles. The summed E-state index contributed by atoms with van der Waals surface area (Å²) in [6.45, 7) is 1.39. The first-order valence-corrected chi connectivity index (χ1v) is 3.61. The molecule has 0 aromatic rings. The molecule has 4 nitrogen and oxygen atoms in total. The summed E-state index contributed by atoms with van der Waals surface area (Å²) < 4.78 is 9.71. The number of nitriles is 1. The Kier molecular flexibility index (Phi) is 5.26. The number of methoxy groups -OCH3 is 2. The van der Waals surface area contributed by atoms with Crippen molar-refractivity contribution in [2.45, 2.75) is 19.6 Å². The highest BCUT2D eigenvalue weighted by atomic mass is 16.7. The van der Waals surface area contributed by atoms with Crippen LogP contribution in [0.5, 0.6) is 0 Å². The number of hydrogen-bond donors (Lipinski definition) is 0. The quantitative estimate of drug-likeness (QED) is 0.572. The van der Waals surface area contributed by atoms with Crippen LogP contribution in [0.2, 0.25) is 0 Å². The summed E-state index contributed by atoms with van der Waals surface area (Å²) in [6, 6.07) is 1.89. The zero-order chi connectivity index (χ0) is 9.56. The Morgan fingerprint density at radius 3 is 2.25 bits per heavy atom. The van der Waals surface area contributed by atoms with Crippen LogP contribution in [0.25, 0.3) is 0 Å². The van der Waals surface area contributed by atoms with Gasteiger partial charge in [0, 0.05) is 20.6 Å². The lowest BCUT2D eigenvalue weighted by Gasteiger charge is -2.14. The van der Waals surface area contributed by atoms with Crippen molar-refractivity contribution in [3.05, 3.63) is 0 Å². The Bertz CT molecular complexity index is 181. The molecule has 1 unspecified atom stereocenters. The SMILES string of the molecule is COC(CC(C#N)C(C)=O)OC. The Morgan fingerprint density at radius 2 is 2.00 bits per heavy atom. The summed E-state index contributed by atoms with van der Waals surface area (Å²) in [6.07, 6.45) is -0.183. The van der Waals surface area contributed by atoms with Gasteiger partial charge in [-0.2, -0.15) is 5.26 Å². The van der Waals surface area contributed by atoms with Crippen molar-refractivity contribution in [1.29, 1.82) is 5.26 Å². The van der Waals surface area contributed by atoms with Gasteiger partial charge in [-0.1, -0.05) is 0 Å². The zero-order valence-electron chi connectivity index (χ0n) is 7.53. The number of ether oxygens (including phenoxy) is 2. The molecule has 4 heteroatoms. The highest BCUT2D eigenvalue weighted by Gasteiger charge is 2.18. The minimum Gasteiger partial charge on any atom is -0.356 e.